The molecule has 8 rings (SSSR count). The Morgan fingerprint density at radius 1 is 0.651 bits per heavy atom. The maximum Gasteiger partial charge on any atom is 0.149 e. The summed E-state index contributed by atoms with van der Waals surface area (Å²) in [4.78, 5) is 9.74. The number of imidazole rings is 1. The molecule has 0 aliphatic heterocycles. The minimum atomic E-state index is -2.80. The van der Waals surface area contributed by atoms with Gasteiger partial charge in [-0.2, -0.15) is 0 Å². The van der Waals surface area contributed by atoms with Crippen LogP contribution in [0.25, 0.3) is 72.7 Å². The summed E-state index contributed by atoms with van der Waals surface area (Å²) in [6.45, 7) is 16.7. The molecule has 0 atom stereocenters. The summed E-state index contributed by atoms with van der Waals surface area (Å²) in [5.74, 6) is -5.15. The lowest BCUT2D eigenvalue weighted by atomic mass is 9.83. The number of aromatic hydroxyl groups is 1. The van der Waals surface area contributed by atoms with Gasteiger partial charge in [-0.15, -0.1) is 0 Å². The van der Waals surface area contributed by atoms with Gasteiger partial charge in [0.1, 0.15) is 11.6 Å². The summed E-state index contributed by atoms with van der Waals surface area (Å²) in [7, 11) is 0. The second-order valence-electron chi connectivity index (χ2n) is 18.1. The molecular formula is C59H63N3O. The zero-order valence-electron chi connectivity index (χ0n) is 52.9. The van der Waals surface area contributed by atoms with Gasteiger partial charge in [0.2, 0.25) is 0 Å². The van der Waals surface area contributed by atoms with E-state index in [1.54, 1.807) is 121 Å². The molecule has 0 bridgehead atoms. The van der Waals surface area contributed by atoms with Crippen molar-refractivity contribution < 1.29 is 25.7 Å². The topological polar surface area (TPSA) is 50.9 Å². The second kappa shape index (κ2) is 17.1. The van der Waals surface area contributed by atoms with E-state index >= 15 is 0 Å². The lowest BCUT2D eigenvalue weighted by Gasteiger charge is -2.22. The summed E-state index contributed by atoms with van der Waals surface area (Å²) in [5, 5.41) is 12.4. The van der Waals surface area contributed by atoms with Gasteiger partial charge in [0, 0.05) is 26.9 Å². The number of rotatable bonds is 10. The van der Waals surface area contributed by atoms with E-state index in [0.717, 1.165) is 5.56 Å². The summed E-state index contributed by atoms with van der Waals surface area (Å²) in [5.41, 5.74) is 4.40. The highest BCUT2D eigenvalue weighted by molar-refractivity contribution is 5.97. The van der Waals surface area contributed by atoms with Gasteiger partial charge >= 0.3 is 0 Å². The molecule has 0 aliphatic rings. The maximum atomic E-state index is 12.4. The summed E-state index contributed by atoms with van der Waals surface area (Å²) >= 11 is 0. The zero-order valence-corrected chi connectivity index (χ0v) is 37.9. The van der Waals surface area contributed by atoms with Gasteiger partial charge in [0.25, 0.3) is 0 Å². The molecule has 1 N–H and O–H groups in total. The number of hydrogen-bond donors (Lipinski definition) is 1. The number of aromatic nitrogens is 3. The standard InChI is InChI=1S/C59H63N3O/c1-35(2)43-32-50(38(7)8)57(63)51(33-43)58-61-56-49(44-29-45(31-46(30-44)59(10,11)12)52-34-41(26-27-60-52)40-18-14-13-15-19-40)22-17-23-54(56)62(58)53-25-24-42(28-39(53)9)55-47(36(3)4)20-16-21-48(55)37(5)6/h13-38,63H,1-12H3/i9D3,13D,14D,15D,18D,19D,26D,27D,34D,35D,36D,37D,38D. The van der Waals surface area contributed by atoms with Gasteiger partial charge in [0.05, 0.1) is 38.9 Å². The molecule has 63 heavy (non-hydrogen) atoms. The first-order valence-electron chi connectivity index (χ1n) is 28.7. The first-order valence-corrected chi connectivity index (χ1v) is 21.2. The highest BCUT2D eigenvalue weighted by atomic mass is 16.3. The molecule has 0 saturated heterocycles. The average molecular weight is 845 g/mol. The molecule has 0 fully saturated rings. The molecule has 4 heteroatoms. The Hall–Kier alpha value is -6.26. The first-order chi connectivity index (χ1) is 35.7. The van der Waals surface area contributed by atoms with Gasteiger partial charge in [-0.3, -0.25) is 9.55 Å². The van der Waals surface area contributed by atoms with Crippen LogP contribution in [-0.2, 0) is 5.41 Å². The van der Waals surface area contributed by atoms with Gasteiger partial charge in [-0.1, -0.05) is 155 Å². The van der Waals surface area contributed by atoms with Crippen molar-refractivity contribution in [2.45, 2.75) is 112 Å². The summed E-state index contributed by atoms with van der Waals surface area (Å²) < 4.78 is 135. The molecule has 4 nitrogen and oxygen atoms in total. The van der Waals surface area contributed by atoms with E-state index in [4.69, 9.17) is 22.8 Å². The van der Waals surface area contributed by atoms with Crippen LogP contribution in [0, 0.1) is 6.85 Å². The van der Waals surface area contributed by atoms with Crippen LogP contribution in [0.2, 0.25) is 0 Å². The average Bonchev–Trinajstić information content (AvgIpc) is 3.88. The fourth-order valence-corrected chi connectivity index (χ4v) is 8.12. The largest absolute Gasteiger partial charge is 0.507 e. The van der Waals surface area contributed by atoms with Gasteiger partial charge in [0.15, 0.2) is 0 Å². The van der Waals surface area contributed by atoms with Crippen molar-refractivity contribution in [3.05, 3.63) is 167 Å². The highest BCUT2D eigenvalue weighted by Gasteiger charge is 2.26. The first kappa shape index (κ1) is 28.4. The van der Waals surface area contributed by atoms with Crippen LogP contribution in [0.1, 0.15) is 154 Å². The number of phenols is 1. The van der Waals surface area contributed by atoms with Crippen LogP contribution in [-0.4, -0.2) is 19.6 Å². The Morgan fingerprint density at radius 3 is 1.98 bits per heavy atom. The monoisotopic (exact) mass is 845 g/mol. The fourth-order valence-electron chi connectivity index (χ4n) is 8.12. The third-order valence-electron chi connectivity index (χ3n) is 11.5. The smallest absolute Gasteiger partial charge is 0.149 e. The number of phenolic OH excluding ortho intramolecular Hbond substituents is 1. The number of pyridine rings is 1. The Morgan fingerprint density at radius 2 is 1.33 bits per heavy atom. The molecule has 0 aliphatic carbocycles. The highest BCUT2D eigenvalue weighted by Crippen LogP contribution is 2.44. The Kier molecular flexibility index (Phi) is 7.73. The van der Waals surface area contributed by atoms with Crippen LogP contribution in [0.3, 0.4) is 0 Å². The fraction of sp³-hybridized carbons (Fsp3) is 0.288. The van der Waals surface area contributed by atoms with Crippen molar-refractivity contribution in [3.8, 4) is 67.5 Å². The summed E-state index contributed by atoms with van der Waals surface area (Å²) in [6.07, 6.45) is -0.591. The number of hydrogen-bond acceptors (Lipinski definition) is 3. The van der Waals surface area contributed by atoms with Crippen LogP contribution in [0.5, 0.6) is 5.75 Å². The van der Waals surface area contributed by atoms with E-state index in [1.807, 2.05) is 45.0 Å². The van der Waals surface area contributed by atoms with Crippen LogP contribution in [0.15, 0.2) is 133 Å². The van der Waals surface area contributed by atoms with Crippen LogP contribution >= 0.6 is 0 Å². The number of para-hydroxylation sites is 1. The molecule has 0 radical (unpaired) electrons. The van der Waals surface area contributed by atoms with Crippen LogP contribution in [0.4, 0.5) is 0 Å². The Balaban J connectivity index is 1.51. The SMILES string of the molecule is [2H]c1nc(-c2cc(-c3cccc4c3nc(-c3cc(C([2H])(C)C)cc(C([2H])(C)C)c3O)n4-c3ccc(-c4c(C([2H])(C)C)cccc4C([2H])(C)C)cc3C([2H])([2H])[2H])cc(C(C)(C)C)c2)c([2H])c(-c2c([2H])c([2H])c([2H])c([2H])c2[2H])c1[2H]. The van der Waals surface area contributed by atoms with E-state index < -0.39 is 89.9 Å². The van der Waals surface area contributed by atoms with E-state index in [0.29, 0.717) is 55.5 Å². The van der Waals surface area contributed by atoms with E-state index in [1.165, 1.54) is 0 Å². The third-order valence-corrected chi connectivity index (χ3v) is 11.5. The van der Waals surface area contributed by atoms with Gasteiger partial charge in [-0.25, -0.2) is 4.98 Å². The Labute approximate surface area is 396 Å². The minimum absolute atomic E-state index is 0.0842. The minimum Gasteiger partial charge on any atom is -0.507 e. The van der Waals surface area contributed by atoms with Crippen molar-refractivity contribution in [1.82, 2.24) is 14.5 Å². The lowest BCUT2D eigenvalue weighted by molar-refractivity contribution is 0.466. The van der Waals surface area contributed by atoms with E-state index in [9.17, 15) is 7.85 Å². The normalized spacial score (nSPS) is 16.4. The van der Waals surface area contributed by atoms with Crippen molar-refractivity contribution in [1.29, 1.82) is 0 Å². The Bertz CT molecular complexity index is 3690. The van der Waals surface area contributed by atoms with Gasteiger partial charge in [-0.05, 0) is 146 Å². The number of benzene rings is 6. The predicted molar refractivity (Wildman–Crippen MR) is 268 cm³/mol. The molecule has 0 unspecified atom stereocenters. The number of fused-ring (bicyclic) bond motifs is 1. The molecule has 0 saturated carbocycles. The molecule has 8 aromatic rings. The van der Waals surface area contributed by atoms with Crippen LogP contribution < -0.4 is 0 Å². The molecule has 6 aromatic carbocycles. The van der Waals surface area contributed by atoms with E-state index in [-0.39, 0.29) is 45.2 Å². The molecule has 2 heterocycles. The zero-order chi connectivity index (χ0) is 58.1. The predicted octanol–water partition coefficient (Wildman–Crippen LogP) is 16.6. The molecule has 2 aromatic heterocycles. The quantitative estimate of drug-likeness (QED) is 0.149. The number of aryl methyl sites for hydroxylation is 1. The lowest BCUT2D eigenvalue weighted by Crippen LogP contribution is -2.11. The van der Waals surface area contributed by atoms with Crippen molar-refractivity contribution in [3.63, 3.8) is 0 Å². The van der Waals surface area contributed by atoms with Crippen molar-refractivity contribution in [2.75, 3.05) is 0 Å². The molecule has 320 valence electrons. The van der Waals surface area contributed by atoms with Crippen molar-refractivity contribution >= 4 is 11.0 Å². The maximum absolute atomic E-state index is 12.4. The van der Waals surface area contributed by atoms with Gasteiger partial charge < -0.3 is 5.11 Å². The molecule has 0 amide bonds. The van der Waals surface area contributed by atoms with E-state index in [2.05, 4.69) is 4.98 Å². The molecular weight excluding hydrogens is 767 g/mol. The second-order valence-corrected chi connectivity index (χ2v) is 18.1. The molecule has 0 spiro atoms. The van der Waals surface area contributed by atoms with Crippen molar-refractivity contribution in [2.24, 2.45) is 0 Å². The number of nitrogens with zero attached hydrogens (tertiary/aromatic N) is 3. The third kappa shape index (κ3) is 8.36. The summed E-state index contributed by atoms with van der Waals surface area (Å²) in [6, 6.07) is 20.2.